The van der Waals surface area contributed by atoms with Crippen molar-refractivity contribution in [1.29, 1.82) is 5.26 Å². The summed E-state index contributed by atoms with van der Waals surface area (Å²) in [6, 6.07) is 19.6. The highest BCUT2D eigenvalue weighted by molar-refractivity contribution is 5.71. The molecule has 1 aliphatic rings. The van der Waals surface area contributed by atoms with Crippen LogP contribution in [-0.2, 0) is 0 Å². The molecule has 0 radical (unpaired) electrons. The molecule has 6 nitrogen and oxygen atoms in total. The molecule has 2 aromatic carbocycles. The second kappa shape index (κ2) is 6.30. The highest BCUT2D eigenvalue weighted by Gasteiger charge is 2.35. The van der Waals surface area contributed by atoms with Gasteiger partial charge in [0.2, 0.25) is 11.8 Å². The molecule has 6 heteroatoms. The second-order valence-electron chi connectivity index (χ2n) is 5.88. The summed E-state index contributed by atoms with van der Waals surface area (Å²) in [5, 5.41) is 17.0. The number of ether oxygens (including phenoxy) is 2. The first-order chi connectivity index (χ1) is 12.7. The lowest BCUT2D eigenvalue weighted by molar-refractivity contribution is 0.379. The lowest BCUT2D eigenvalue weighted by atomic mass is 9.83. The zero-order valence-electron chi connectivity index (χ0n) is 14.1. The van der Waals surface area contributed by atoms with Gasteiger partial charge in [-0.25, -0.2) is 0 Å². The SMILES string of the molecule is COc1cccc(-c2[nH]nc3c2[C@H](c2ccccc2)C(C#N)=C(N)O3)c1. The van der Waals surface area contributed by atoms with Crippen LogP contribution in [0.4, 0.5) is 0 Å². The second-order valence-corrected chi connectivity index (χ2v) is 5.88. The maximum Gasteiger partial charge on any atom is 0.244 e. The van der Waals surface area contributed by atoms with Crippen molar-refractivity contribution in [3.63, 3.8) is 0 Å². The molecule has 0 unspecified atom stereocenters. The molecule has 26 heavy (non-hydrogen) atoms. The number of fused-ring (bicyclic) bond motifs is 1. The van der Waals surface area contributed by atoms with Gasteiger partial charge in [0.05, 0.1) is 24.3 Å². The van der Waals surface area contributed by atoms with Crippen LogP contribution in [0.3, 0.4) is 0 Å². The van der Waals surface area contributed by atoms with Crippen LogP contribution in [0.25, 0.3) is 11.3 Å². The van der Waals surface area contributed by atoms with E-state index in [2.05, 4.69) is 16.3 Å². The van der Waals surface area contributed by atoms with Crippen molar-refractivity contribution >= 4 is 0 Å². The van der Waals surface area contributed by atoms with Gasteiger partial charge in [-0.05, 0) is 17.7 Å². The molecule has 1 atom stereocenters. The minimum atomic E-state index is -0.357. The first-order valence-electron chi connectivity index (χ1n) is 8.08. The predicted octanol–water partition coefficient (Wildman–Crippen LogP) is 3.30. The van der Waals surface area contributed by atoms with Crippen molar-refractivity contribution in [3.05, 3.63) is 77.2 Å². The minimum absolute atomic E-state index is 0.0811. The fraction of sp³-hybridized carbons (Fsp3) is 0.100. The molecule has 0 fully saturated rings. The van der Waals surface area contributed by atoms with Crippen LogP contribution in [0.2, 0.25) is 0 Å². The Balaban J connectivity index is 1.94. The third-order valence-electron chi connectivity index (χ3n) is 4.43. The van der Waals surface area contributed by atoms with E-state index in [1.165, 1.54) is 0 Å². The molecule has 0 bridgehead atoms. The number of methoxy groups -OCH3 is 1. The number of nitrogens with zero attached hydrogens (tertiary/aromatic N) is 2. The standard InChI is InChI=1S/C20H16N4O2/c1-25-14-9-5-8-13(10-14)18-17-16(12-6-3-2-4-7-12)15(11-21)19(22)26-20(17)24-23-18/h2-10,16H,22H2,1H3,(H,23,24)/t16-/m1/s1. The first-order valence-corrected chi connectivity index (χ1v) is 8.08. The van der Waals surface area contributed by atoms with Crippen molar-refractivity contribution in [1.82, 2.24) is 10.2 Å². The number of aromatic nitrogens is 2. The lowest BCUT2D eigenvalue weighted by Gasteiger charge is -2.24. The minimum Gasteiger partial charge on any atom is -0.497 e. The Kier molecular flexibility index (Phi) is 3.82. The van der Waals surface area contributed by atoms with Crippen molar-refractivity contribution in [3.8, 4) is 29.0 Å². The number of aromatic amines is 1. The molecule has 0 saturated carbocycles. The van der Waals surface area contributed by atoms with Crippen molar-refractivity contribution in [2.75, 3.05) is 7.11 Å². The number of nitrogens with two attached hydrogens (primary N) is 1. The molecule has 0 amide bonds. The Hall–Kier alpha value is -3.72. The summed E-state index contributed by atoms with van der Waals surface area (Å²) < 4.78 is 10.9. The van der Waals surface area contributed by atoms with Crippen LogP contribution in [-0.4, -0.2) is 17.3 Å². The van der Waals surface area contributed by atoms with Gasteiger partial charge in [0.25, 0.3) is 0 Å². The summed E-state index contributed by atoms with van der Waals surface area (Å²) in [7, 11) is 1.62. The van der Waals surface area contributed by atoms with E-state index in [0.29, 0.717) is 11.5 Å². The summed E-state index contributed by atoms with van der Waals surface area (Å²) in [6.45, 7) is 0. The van der Waals surface area contributed by atoms with E-state index in [9.17, 15) is 5.26 Å². The van der Waals surface area contributed by atoms with Crippen LogP contribution >= 0.6 is 0 Å². The van der Waals surface area contributed by atoms with E-state index in [-0.39, 0.29) is 11.8 Å². The maximum absolute atomic E-state index is 9.68. The van der Waals surface area contributed by atoms with E-state index in [1.807, 2.05) is 54.6 Å². The third-order valence-corrected chi connectivity index (χ3v) is 4.43. The summed E-state index contributed by atoms with van der Waals surface area (Å²) in [5.41, 5.74) is 9.75. The average molecular weight is 344 g/mol. The normalized spacial score (nSPS) is 15.8. The Labute approximate surface area is 150 Å². The molecular formula is C20H16N4O2. The smallest absolute Gasteiger partial charge is 0.244 e. The monoisotopic (exact) mass is 344 g/mol. The van der Waals surface area contributed by atoms with Gasteiger partial charge in [-0.1, -0.05) is 42.5 Å². The van der Waals surface area contributed by atoms with Crippen LogP contribution in [0.5, 0.6) is 11.6 Å². The van der Waals surface area contributed by atoms with Crippen molar-refractivity contribution in [2.24, 2.45) is 5.73 Å². The number of nitrogens with one attached hydrogen (secondary N) is 1. The summed E-state index contributed by atoms with van der Waals surface area (Å²) in [5.74, 6) is 0.838. The van der Waals surface area contributed by atoms with E-state index < -0.39 is 0 Å². The molecule has 3 N–H and O–H groups in total. The van der Waals surface area contributed by atoms with E-state index in [1.54, 1.807) is 7.11 Å². The number of allylic oxidation sites excluding steroid dienone is 1. The van der Waals surface area contributed by atoms with Gasteiger partial charge in [0.15, 0.2) is 0 Å². The van der Waals surface area contributed by atoms with Gasteiger partial charge >= 0.3 is 0 Å². The average Bonchev–Trinajstić information content (AvgIpc) is 3.10. The Morgan fingerprint density at radius 3 is 2.73 bits per heavy atom. The highest BCUT2D eigenvalue weighted by atomic mass is 16.5. The van der Waals surface area contributed by atoms with E-state index in [4.69, 9.17) is 15.2 Å². The summed E-state index contributed by atoms with van der Waals surface area (Å²) >= 11 is 0. The molecule has 1 aliphatic heterocycles. The number of H-pyrrole nitrogens is 1. The number of benzene rings is 2. The van der Waals surface area contributed by atoms with Gasteiger partial charge in [0.1, 0.15) is 17.4 Å². The van der Waals surface area contributed by atoms with Gasteiger partial charge in [-0.3, -0.25) is 5.10 Å². The fourth-order valence-corrected chi connectivity index (χ4v) is 3.22. The number of hydrogen-bond donors (Lipinski definition) is 2. The van der Waals surface area contributed by atoms with Crippen LogP contribution < -0.4 is 15.2 Å². The van der Waals surface area contributed by atoms with Crippen molar-refractivity contribution < 1.29 is 9.47 Å². The molecule has 3 aromatic rings. The molecular weight excluding hydrogens is 328 g/mol. The number of hydrogen-bond acceptors (Lipinski definition) is 5. The highest BCUT2D eigenvalue weighted by Crippen LogP contribution is 2.45. The predicted molar refractivity (Wildman–Crippen MR) is 96.3 cm³/mol. The van der Waals surface area contributed by atoms with E-state index >= 15 is 0 Å². The van der Waals surface area contributed by atoms with Gasteiger partial charge < -0.3 is 15.2 Å². The van der Waals surface area contributed by atoms with E-state index in [0.717, 1.165) is 28.1 Å². The van der Waals surface area contributed by atoms with Crippen molar-refractivity contribution in [2.45, 2.75) is 5.92 Å². The number of rotatable bonds is 3. The molecule has 0 aliphatic carbocycles. The maximum atomic E-state index is 9.68. The fourth-order valence-electron chi connectivity index (χ4n) is 3.22. The largest absolute Gasteiger partial charge is 0.497 e. The molecule has 1 aromatic heterocycles. The Morgan fingerprint density at radius 1 is 1.19 bits per heavy atom. The van der Waals surface area contributed by atoms with Crippen LogP contribution in [0.1, 0.15) is 17.0 Å². The summed E-state index contributed by atoms with van der Waals surface area (Å²) in [4.78, 5) is 0. The topological polar surface area (TPSA) is 97.0 Å². The zero-order chi connectivity index (χ0) is 18.1. The molecule has 2 heterocycles. The Bertz CT molecular complexity index is 1030. The quantitative estimate of drug-likeness (QED) is 0.760. The van der Waals surface area contributed by atoms with Crippen LogP contribution in [0, 0.1) is 11.3 Å². The molecule has 0 spiro atoms. The number of nitriles is 1. The summed E-state index contributed by atoms with van der Waals surface area (Å²) in [6.07, 6.45) is 0. The van der Waals surface area contributed by atoms with Gasteiger partial charge in [-0.2, -0.15) is 5.26 Å². The first kappa shape index (κ1) is 15.8. The molecule has 4 rings (SSSR count). The van der Waals surface area contributed by atoms with Gasteiger partial charge in [-0.15, -0.1) is 5.10 Å². The van der Waals surface area contributed by atoms with Crippen LogP contribution in [0.15, 0.2) is 66.1 Å². The third kappa shape index (κ3) is 2.47. The Morgan fingerprint density at radius 2 is 2.00 bits per heavy atom. The molecule has 0 saturated heterocycles. The lowest BCUT2D eigenvalue weighted by Crippen LogP contribution is -2.20. The van der Waals surface area contributed by atoms with Gasteiger partial charge in [0, 0.05) is 5.56 Å². The zero-order valence-corrected chi connectivity index (χ0v) is 14.1. The molecule has 128 valence electrons.